The number of fused-ring (bicyclic) bond motifs is 1. The summed E-state index contributed by atoms with van der Waals surface area (Å²) in [5, 5.41) is 12.6. The van der Waals surface area contributed by atoms with Crippen molar-refractivity contribution in [1.82, 2.24) is 0 Å². The van der Waals surface area contributed by atoms with Gasteiger partial charge < -0.3 is 10.4 Å². The van der Waals surface area contributed by atoms with E-state index in [4.69, 9.17) is 0 Å². The molecule has 0 saturated carbocycles. The number of aromatic carboxylic acids is 1. The van der Waals surface area contributed by atoms with Crippen molar-refractivity contribution in [1.29, 1.82) is 0 Å². The van der Waals surface area contributed by atoms with Crippen molar-refractivity contribution in [3.63, 3.8) is 0 Å². The van der Waals surface area contributed by atoms with Gasteiger partial charge >= 0.3 is 5.97 Å². The normalized spacial score (nSPS) is 15.4. The van der Waals surface area contributed by atoms with Crippen LogP contribution in [0.3, 0.4) is 0 Å². The molecule has 0 radical (unpaired) electrons. The van der Waals surface area contributed by atoms with Crippen molar-refractivity contribution < 1.29 is 9.90 Å². The largest absolute Gasteiger partial charge is 0.478 e. The van der Waals surface area contributed by atoms with Crippen LogP contribution in [0.15, 0.2) is 18.2 Å². The fraction of sp³-hybridized carbons (Fsp3) is 0.720. The standard InChI is InChI=1S/C25H41NO2/c1-2-3-4-5-6-7-8-9-10-11-12-13-14-15-16-22-20-26-24-18-17-21(25(27)28)19-23(22)24/h17-19,22,26H,2-16,20H2,1H3,(H,27,28). The highest BCUT2D eigenvalue weighted by Gasteiger charge is 2.22. The lowest BCUT2D eigenvalue weighted by Crippen LogP contribution is -2.02. The minimum absolute atomic E-state index is 0.411. The van der Waals surface area contributed by atoms with Gasteiger partial charge in [-0.3, -0.25) is 0 Å². The lowest BCUT2D eigenvalue weighted by atomic mass is 9.93. The number of hydrogen-bond acceptors (Lipinski definition) is 2. The van der Waals surface area contributed by atoms with E-state index in [0.29, 0.717) is 11.5 Å². The molecule has 1 aromatic carbocycles. The van der Waals surface area contributed by atoms with E-state index in [1.54, 1.807) is 6.07 Å². The third-order valence-electron chi connectivity index (χ3n) is 6.18. The number of rotatable bonds is 16. The molecule has 2 N–H and O–H groups in total. The molecule has 2 rings (SSSR count). The summed E-state index contributed by atoms with van der Waals surface area (Å²) in [6.07, 6.45) is 20.6. The van der Waals surface area contributed by atoms with Gasteiger partial charge in [-0.05, 0) is 30.2 Å². The van der Waals surface area contributed by atoms with Crippen molar-refractivity contribution in [3.05, 3.63) is 29.3 Å². The van der Waals surface area contributed by atoms with Crippen LogP contribution < -0.4 is 5.32 Å². The van der Waals surface area contributed by atoms with Crippen molar-refractivity contribution in [3.8, 4) is 0 Å². The smallest absolute Gasteiger partial charge is 0.335 e. The quantitative estimate of drug-likeness (QED) is 0.285. The number of carboxylic acids is 1. The molecule has 0 aromatic heterocycles. The van der Waals surface area contributed by atoms with Crippen LogP contribution in [0, 0.1) is 0 Å². The van der Waals surface area contributed by atoms with Gasteiger partial charge in [-0.1, -0.05) is 96.8 Å². The van der Waals surface area contributed by atoms with Gasteiger partial charge in [0.2, 0.25) is 0 Å². The third kappa shape index (κ3) is 8.24. The Morgan fingerprint density at radius 3 is 1.96 bits per heavy atom. The molecule has 1 aromatic rings. The summed E-state index contributed by atoms with van der Waals surface area (Å²) in [7, 11) is 0. The highest BCUT2D eigenvalue weighted by molar-refractivity contribution is 5.88. The van der Waals surface area contributed by atoms with Gasteiger partial charge in [-0.25, -0.2) is 4.79 Å². The summed E-state index contributed by atoms with van der Waals surface area (Å²) in [6.45, 7) is 3.23. The summed E-state index contributed by atoms with van der Waals surface area (Å²) < 4.78 is 0. The molecule has 1 heterocycles. The summed E-state index contributed by atoms with van der Waals surface area (Å²) in [4.78, 5) is 11.2. The molecule has 158 valence electrons. The average molecular weight is 388 g/mol. The van der Waals surface area contributed by atoms with Gasteiger partial charge in [0, 0.05) is 18.2 Å². The molecule has 0 spiro atoms. The van der Waals surface area contributed by atoms with Crippen molar-refractivity contribution in [2.45, 2.75) is 109 Å². The molecule has 0 amide bonds. The van der Waals surface area contributed by atoms with E-state index in [9.17, 15) is 9.90 Å². The topological polar surface area (TPSA) is 49.3 Å². The maximum atomic E-state index is 11.2. The zero-order valence-corrected chi connectivity index (χ0v) is 18.0. The Morgan fingerprint density at radius 2 is 1.43 bits per heavy atom. The van der Waals surface area contributed by atoms with E-state index in [-0.39, 0.29) is 0 Å². The lowest BCUT2D eigenvalue weighted by molar-refractivity contribution is 0.0697. The first kappa shape index (κ1) is 22.8. The van der Waals surface area contributed by atoms with Gasteiger partial charge in [0.15, 0.2) is 0 Å². The van der Waals surface area contributed by atoms with Crippen LogP contribution in [-0.2, 0) is 0 Å². The summed E-state index contributed by atoms with van der Waals surface area (Å²) in [5.74, 6) is -0.350. The highest BCUT2D eigenvalue weighted by atomic mass is 16.4. The van der Waals surface area contributed by atoms with E-state index in [1.165, 1.54) is 102 Å². The second kappa shape index (κ2) is 13.6. The van der Waals surface area contributed by atoms with E-state index < -0.39 is 5.97 Å². The monoisotopic (exact) mass is 387 g/mol. The van der Waals surface area contributed by atoms with Crippen LogP contribution in [0.25, 0.3) is 0 Å². The fourth-order valence-electron chi connectivity index (χ4n) is 4.38. The number of carboxylic acid groups (broad SMARTS) is 1. The van der Waals surface area contributed by atoms with E-state index in [2.05, 4.69) is 12.2 Å². The van der Waals surface area contributed by atoms with Crippen LogP contribution in [0.4, 0.5) is 5.69 Å². The second-order valence-corrected chi connectivity index (χ2v) is 8.57. The van der Waals surface area contributed by atoms with E-state index in [0.717, 1.165) is 12.2 Å². The van der Waals surface area contributed by atoms with Gasteiger partial charge in [-0.15, -0.1) is 0 Å². The number of nitrogens with one attached hydrogen (secondary N) is 1. The first-order valence-electron chi connectivity index (χ1n) is 11.8. The van der Waals surface area contributed by atoms with E-state index in [1.807, 2.05) is 12.1 Å². The molecule has 28 heavy (non-hydrogen) atoms. The molecule has 0 fully saturated rings. The van der Waals surface area contributed by atoms with Gasteiger partial charge in [0.1, 0.15) is 0 Å². The Kier molecular flexibility index (Phi) is 11.1. The van der Waals surface area contributed by atoms with Gasteiger partial charge in [0.25, 0.3) is 0 Å². The molecule has 0 saturated heterocycles. The molecule has 0 aliphatic carbocycles. The predicted molar refractivity (Wildman–Crippen MR) is 120 cm³/mol. The fourth-order valence-corrected chi connectivity index (χ4v) is 4.38. The Morgan fingerprint density at radius 1 is 0.893 bits per heavy atom. The SMILES string of the molecule is CCCCCCCCCCCCCCCCC1CNc2ccc(C(=O)O)cc21. The minimum Gasteiger partial charge on any atom is -0.478 e. The maximum absolute atomic E-state index is 11.2. The summed E-state index contributed by atoms with van der Waals surface area (Å²) in [6, 6.07) is 5.49. The molecule has 3 nitrogen and oxygen atoms in total. The second-order valence-electron chi connectivity index (χ2n) is 8.57. The predicted octanol–water partition coefficient (Wildman–Crippen LogP) is 7.77. The summed E-state index contributed by atoms with van der Waals surface area (Å²) in [5.41, 5.74) is 2.74. The van der Waals surface area contributed by atoms with Crippen molar-refractivity contribution >= 4 is 11.7 Å². The zero-order valence-electron chi connectivity index (χ0n) is 18.0. The lowest BCUT2D eigenvalue weighted by Gasteiger charge is -2.10. The van der Waals surface area contributed by atoms with Gasteiger partial charge in [-0.2, -0.15) is 0 Å². The van der Waals surface area contributed by atoms with Crippen LogP contribution in [-0.4, -0.2) is 17.6 Å². The van der Waals surface area contributed by atoms with Gasteiger partial charge in [0.05, 0.1) is 5.56 Å². The van der Waals surface area contributed by atoms with E-state index >= 15 is 0 Å². The molecule has 0 bridgehead atoms. The van der Waals surface area contributed by atoms with Crippen LogP contribution in [0.1, 0.15) is 125 Å². The number of benzene rings is 1. The average Bonchev–Trinajstić information content (AvgIpc) is 3.10. The number of hydrogen-bond donors (Lipinski definition) is 2. The minimum atomic E-state index is -0.829. The number of unbranched alkanes of at least 4 members (excludes halogenated alkanes) is 13. The number of carbonyl (C=O) groups is 1. The van der Waals surface area contributed by atoms with Crippen molar-refractivity contribution in [2.24, 2.45) is 0 Å². The molecule has 1 unspecified atom stereocenters. The summed E-state index contributed by atoms with van der Waals surface area (Å²) >= 11 is 0. The molecule has 3 heteroatoms. The Hall–Kier alpha value is -1.51. The first-order valence-corrected chi connectivity index (χ1v) is 11.8. The highest BCUT2D eigenvalue weighted by Crippen LogP contribution is 2.35. The molecular weight excluding hydrogens is 346 g/mol. The molecule has 1 aliphatic heterocycles. The first-order chi connectivity index (χ1) is 13.7. The Bertz CT molecular complexity index is 570. The zero-order chi connectivity index (χ0) is 20.0. The third-order valence-corrected chi connectivity index (χ3v) is 6.18. The Labute approximate surface area is 172 Å². The van der Waals surface area contributed by atoms with Crippen LogP contribution in [0.2, 0.25) is 0 Å². The maximum Gasteiger partial charge on any atom is 0.335 e. The molecular formula is C25H41NO2. The number of anilines is 1. The molecule has 1 atom stereocenters. The van der Waals surface area contributed by atoms with Crippen LogP contribution in [0.5, 0.6) is 0 Å². The Balaban J connectivity index is 1.45. The molecule has 1 aliphatic rings. The van der Waals surface area contributed by atoms with Crippen LogP contribution >= 0.6 is 0 Å². The van der Waals surface area contributed by atoms with Crippen molar-refractivity contribution in [2.75, 3.05) is 11.9 Å².